The summed E-state index contributed by atoms with van der Waals surface area (Å²) in [5.41, 5.74) is 2.33. The van der Waals surface area contributed by atoms with Crippen molar-refractivity contribution in [3.05, 3.63) is 28.8 Å². The van der Waals surface area contributed by atoms with Gasteiger partial charge in [-0.05, 0) is 63.9 Å². The maximum atomic E-state index is 6.29. The molecule has 1 aliphatic rings. The van der Waals surface area contributed by atoms with Crippen LogP contribution in [0.15, 0.2) is 18.2 Å². The molecule has 1 atom stereocenters. The molecule has 1 N–H and O–H groups in total. The molecular formula is C16H25ClN2. The number of anilines is 1. The quantitative estimate of drug-likeness (QED) is 0.890. The molecule has 1 heterocycles. The number of piperidine rings is 1. The minimum Gasteiger partial charge on any atom is -0.381 e. The fourth-order valence-electron chi connectivity index (χ4n) is 2.93. The Balaban J connectivity index is 1.96. The first-order chi connectivity index (χ1) is 9.11. The van der Waals surface area contributed by atoms with Gasteiger partial charge in [-0.25, -0.2) is 0 Å². The van der Waals surface area contributed by atoms with Gasteiger partial charge in [0.2, 0.25) is 0 Å². The summed E-state index contributed by atoms with van der Waals surface area (Å²) in [5, 5.41) is 4.46. The Morgan fingerprint density at radius 2 is 2.05 bits per heavy atom. The van der Waals surface area contributed by atoms with E-state index in [-0.39, 0.29) is 0 Å². The molecule has 0 amide bonds. The first-order valence-electron chi connectivity index (χ1n) is 7.35. The van der Waals surface area contributed by atoms with E-state index in [4.69, 9.17) is 11.6 Å². The van der Waals surface area contributed by atoms with Crippen molar-refractivity contribution in [3.63, 3.8) is 0 Å². The van der Waals surface area contributed by atoms with E-state index < -0.39 is 0 Å². The van der Waals surface area contributed by atoms with E-state index in [0.717, 1.165) is 16.6 Å². The molecule has 0 saturated carbocycles. The number of benzene rings is 1. The lowest BCUT2D eigenvalue weighted by Gasteiger charge is -2.35. The van der Waals surface area contributed by atoms with Crippen molar-refractivity contribution in [1.82, 2.24) is 4.90 Å². The van der Waals surface area contributed by atoms with Gasteiger partial charge in [0.05, 0.1) is 10.7 Å². The fourth-order valence-corrected chi connectivity index (χ4v) is 3.21. The highest BCUT2D eigenvalue weighted by Crippen LogP contribution is 2.29. The van der Waals surface area contributed by atoms with Crippen LogP contribution in [0.4, 0.5) is 5.69 Å². The van der Waals surface area contributed by atoms with E-state index >= 15 is 0 Å². The van der Waals surface area contributed by atoms with Gasteiger partial charge in [-0.15, -0.1) is 0 Å². The predicted octanol–water partition coefficient (Wildman–Crippen LogP) is 4.18. The van der Waals surface area contributed by atoms with Crippen LogP contribution in [0.2, 0.25) is 5.02 Å². The molecule has 0 radical (unpaired) electrons. The van der Waals surface area contributed by atoms with Gasteiger partial charge in [-0.1, -0.05) is 30.7 Å². The van der Waals surface area contributed by atoms with Crippen molar-refractivity contribution in [2.75, 3.05) is 25.0 Å². The Bertz CT molecular complexity index is 391. The molecule has 1 aliphatic heterocycles. The van der Waals surface area contributed by atoms with Gasteiger partial charge < -0.3 is 10.2 Å². The van der Waals surface area contributed by atoms with Crippen molar-refractivity contribution in [1.29, 1.82) is 0 Å². The number of nitrogens with zero attached hydrogens (tertiary/aromatic N) is 1. The summed E-state index contributed by atoms with van der Waals surface area (Å²) in [6, 6.07) is 6.56. The van der Waals surface area contributed by atoms with E-state index in [1.54, 1.807) is 0 Å². The first kappa shape index (κ1) is 14.7. The number of hydrogen-bond donors (Lipinski definition) is 1. The van der Waals surface area contributed by atoms with Crippen LogP contribution in [0.5, 0.6) is 0 Å². The smallest absolute Gasteiger partial charge is 0.0640 e. The molecule has 1 saturated heterocycles. The van der Waals surface area contributed by atoms with Crippen molar-refractivity contribution < 1.29 is 0 Å². The number of para-hydroxylation sites is 1. The standard InChI is InChI=1S/C16H25ClN2/c1-4-19-10-8-14(9-11-19)13(3)18-16-12(2)6-5-7-15(16)17/h5-7,13-14,18H,4,8-11H2,1-3H3. The second kappa shape index (κ2) is 6.62. The van der Waals surface area contributed by atoms with Gasteiger partial charge in [-0.2, -0.15) is 0 Å². The third-order valence-electron chi connectivity index (χ3n) is 4.38. The van der Waals surface area contributed by atoms with E-state index in [1.807, 2.05) is 12.1 Å². The molecule has 0 aromatic heterocycles. The Hall–Kier alpha value is -0.730. The third kappa shape index (κ3) is 3.64. The van der Waals surface area contributed by atoms with Crippen molar-refractivity contribution in [3.8, 4) is 0 Å². The molecule has 106 valence electrons. The minimum absolute atomic E-state index is 0.484. The largest absolute Gasteiger partial charge is 0.381 e. The average Bonchev–Trinajstić information content (AvgIpc) is 2.43. The van der Waals surface area contributed by atoms with Crippen molar-refractivity contribution in [2.24, 2.45) is 5.92 Å². The normalized spacial score (nSPS) is 19.4. The van der Waals surface area contributed by atoms with Crippen LogP contribution < -0.4 is 5.32 Å². The number of halogens is 1. The van der Waals surface area contributed by atoms with Gasteiger partial charge in [-0.3, -0.25) is 0 Å². The van der Waals surface area contributed by atoms with E-state index in [1.165, 1.54) is 38.0 Å². The number of rotatable bonds is 4. The van der Waals surface area contributed by atoms with Crippen LogP contribution in [0.25, 0.3) is 0 Å². The van der Waals surface area contributed by atoms with E-state index in [2.05, 4.69) is 37.1 Å². The predicted molar refractivity (Wildman–Crippen MR) is 84.1 cm³/mol. The molecule has 0 aliphatic carbocycles. The molecule has 1 aromatic rings. The highest BCUT2D eigenvalue weighted by Gasteiger charge is 2.23. The lowest BCUT2D eigenvalue weighted by molar-refractivity contribution is 0.183. The molecule has 1 aromatic carbocycles. The molecule has 2 nitrogen and oxygen atoms in total. The van der Waals surface area contributed by atoms with Gasteiger partial charge in [0.25, 0.3) is 0 Å². The van der Waals surface area contributed by atoms with Crippen LogP contribution in [0.1, 0.15) is 32.3 Å². The average molecular weight is 281 g/mol. The summed E-state index contributed by atoms with van der Waals surface area (Å²) in [5.74, 6) is 0.749. The monoisotopic (exact) mass is 280 g/mol. The minimum atomic E-state index is 0.484. The lowest BCUT2D eigenvalue weighted by Crippen LogP contribution is -2.39. The highest BCUT2D eigenvalue weighted by molar-refractivity contribution is 6.33. The van der Waals surface area contributed by atoms with Gasteiger partial charge >= 0.3 is 0 Å². The van der Waals surface area contributed by atoms with Crippen LogP contribution in [-0.2, 0) is 0 Å². The molecule has 2 rings (SSSR count). The zero-order valence-corrected chi connectivity index (χ0v) is 13.0. The Labute approximate surface area is 122 Å². The van der Waals surface area contributed by atoms with Gasteiger partial charge in [0, 0.05) is 6.04 Å². The molecule has 19 heavy (non-hydrogen) atoms. The Kier molecular flexibility index (Phi) is 5.12. The second-order valence-corrected chi connectivity index (χ2v) is 6.04. The van der Waals surface area contributed by atoms with Crippen LogP contribution >= 0.6 is 11.6 Å². The molecule has 0 spiro atoms. The summed E-state index contributed by atoms with van der Waals surface area (Å²) >= 11 is 6.29. The summed E-state index contributed by atoms with van der Waals surface area (Å²) in [6.07, 6.45) is 2.57. The number of likely N-dealkylation sites (tertiary alicyclic amines) is 1. The summed E-state index contributed by atoms with van der Waals surface area (Å²) in [4.78, 5) is 2.53. The molecular weight excluding hydrogens is 256 g/mol. The summed E-state index contributed by atoms with van der Waals surface area (Å²) < 4.78 is 0. The number of hydrogen-bond acceptors (Lipinski definition) is 2. The zero-order chi connectivity index (χ0) is 13.8. The van der Waals surface area contributed by atoms with Crippen molar-refractivity contribution >= 4 is 17.3 Å². The Morgan fingerprint density at radius 1 is 1.37 bits per heavy atom. The number of nitrogens with one attached hydrogen (secondary N) is 1. The molecule has 3 heteroatoms. The molecule has 1 fully saturated rings. The van der Waals surface area contributed by atoms with Crippen LogP contribution in [0, 0.1) is 12.8 Å². The maximum absolute atomic E-state index is 6.29. The first-order valence-corrected chi connectivity index (χ1v) is 7.73. The number of aryl methyl sites for hydroxylation is 1. The highest BCUT2D eigenvalue weighted by atomic mass is 35.5. The fraction of sp³-hybridized carbons (Fsp3) is 0.625. The SMILES string of the molecule is CCN1CCC(C(C)Nc2c(C)cccc2Cl)CC1. The van der Waals surface area contributed by atoms with Crippen LogP contribution in [0.3, 0.4) is 0 Å². The lowest BCUT2D eigenvalue weighted by atomic mass is 9.90. The van der Waals surface area contributed by atoms with E-state index in [9.17, 15) is 0 Å². The molecule has 0 bridgehead atoms. The van der Waals surface area contributed by atoms with Crippen LogP contribution in [-0.4, -0.2) is 30.6 Å². The third-order valence-corrected chi connectivity index (χ3v) is 4.70. The van der Waals surface area contributed by atoms with Gasteiger partial charge in [0.1, 0.15) is 0 Å². The van der Waals surface area contributed by atoms with Crippen molar-refractivity contribution in [2.45, 2.75) is 39.7 Å². The maximum Gasteiger partial charge on any atom is 0.0640 e. The summed E-state index contributed by atoms with van der Waals surface area (Å²) in [6.45, 7) is 10.3. The topological polar surface area (TPSA) is 15.3 Å². The van der Waals surface area contributed by atoms with Gasteiger partial charge in [0.15, 0.2) is 0 Å². The zero-order valence-electron chi connectivity index (χ0n) is 12.2. The summed E-state index contributed by atoms with van der Waals surface area (Å²) in [7, 11) is 0. The Morgan fingerprint density at radius 3 is 2.63 bits per heavy atom. The second-order valence-electron chi connectivity index (χ2n) is 5.64. The van der Waals surface area contributed by atoms with E-state index in [0.29, 0.717) is 6.04 Å². The molecule has 1 unspecified atom stereocenters.